The molecule has 0 saturated carbocycles. The third-order valence-electron chi connectivity index (χ3n) is 4.46. The minimum absolute atomic E-state index is 0.0000795. The van der Waals surface area contributed by atoms with Crippen LogP contribution in [0, 0.1) is 0 Å². The fraction of sp³-hybridized carbons (Fsp3) is 0.400. The van der Waals surface area contributed by atoms with Crippen LogP contribution in [-0.4, -0.2) is 52.7 Å². The lowest BCUT2D eigenvalue weighted by atomic mass is 10.2. The van der Waals surface area contributed by atoms with Crippen LogP contribution in [0.2, 0.25) is 0 Å². The van der Waals surface area contributed by atoms with E-state index in [0.717, 1.165) is 55.5 Å². The van der Waals surface area contributed by atoms with E-state index in [2.05, 4.69) is 40.3 Å². The molecule has 3 rings (SSSR count). The summed E-state index contributed by atoms with van der Waals surface area (Å²) in [5.41, 5.74) is 2.17. The highest BCUT2D eigenvalue weighted by atomic mass is 32.2. The first-order valence-corrected chi connectivity index (χ1v) is 10.1. The van der Waals surface area contributed by atoms with Crippen molar-refractivity contribution in [2.24, 2.45) is 0 Å². The van der Waals surface area contributed by atoms with Crippen LogP contribution < -0.4 is 5.32 Å². The van der Waals surface area contributed by atoms with Gasteiger partial charge in [0.15, 0.2) is 0 Å². The quantitative estimate of drug-likeness (QED) is 0.810. The average Bonchev–Trinajstić information content (AvgIpc) is 2.90. The van der Waals surface area contributed by atoms with E-state index in [0.29, 0.717) is 0 Å². The van der Waals surface area contributed by atoms with Crippen molar-refractivity contribution in [2.45, 2.75) is 24.8 Å². The van der Waals surface area contributed by atoms with Crippen LogP contribution in [-0.2, 0) is 6.54 Å². The molecule has 1 fully saturated rings. The minimum Gasteiger partial charge on any atom is -0.323 e. The average molecular weight is 371 g/mol. The van der Waals surface area contributed by atoms with Gasteiger partial charge in [-0.05, 0) is 42.0 Å². The van der Waals surface area contributed by atoms with Crippen LogP contribution in [0.5, 0.6) is 0 Å². The normalized spacial score (nSPS) is 15.5. The molecule has 1 N–H and O–H groups in total. The number of nitrogens with zero attached hydrogens (tertiary/aromatic N) is 3. The maximum atomic E-state index is 12.7. The molecule has 1 aliphatic rings. The van der Waals surface area contributed by atoms with Crippen molar-refractivity contribution in [3.63, 3.8) is 0 Å². The summed E-state index contributed by atoms with van der Waals surface area (Å²) in [5.74, 6) is 0.987. The van der Waals surface area contributed by atoms with E-state index in [4.69, 9.17) is 0 Å². The van der Waals surface area contributed by atoms with Crippen LogP contribution in [0.15, 0.2) is 53.7 Å². The molecule has 1 aromatic heterocycles. The zero-order chi connectivity index (χ0) is 18.2. The number of para-hydroxylation sites is 1. The summed E-state index contributed by atoms with van der Waals surface area (Å²) < 4.78 is 0. The number of benzene rings is 1. The third-order valence-corrected chi connectivity index (χ3v) is 5.42. The molecule has 0 atom stereocenters. The molecule has 138 valence electrons. The molecule has 0 unspecified atom stereocenters. The highest BCUT2D eigenvalue weighted by molar-refractivity contribution is 7.99. The number of nitrogens with one attached hydrogen (secondary N) is 1. The van der Waals surface area contributed by atoms with Gasteiger partial charge in [-0.1, -0.05) is 19.1 Å². The maximum absolute atomic E-state index is 12.7. The van der Waals surface area contributed by atoms with Gasteiger partial charge in [0.05, 0.1) is 5.69 Å². The Labute approximate surface area is 159 Å². The Hall–Kier alpha value is -2.05. The van der Waals surface area contributed by atoms with Gasteiger partial charge in [0, 0.05) is 50.0 Å². The van der Waals surface area contributed by atoms with Gasteiger partial charge in [-0.25, -0.2) is 4.79 Å². The number of carbonyl (C=O) groups is 1. The van der Waals surface area contributed by atoms with Gasteiger partial charge in [-0.3, -0.25) is 9.88 Å². The monoisotopic (exact) mass is 370 g/mol. The summed E-state index contributed by atoms with van der Waals surface area (Å²) in [4.78, 5) is 22.3. The largest absolute Gasteiger partial charge is 0.323 e. The molecule has 1 aliphatic heterocycles. The van der Waals surface area contributed by atoms with Crippen molar-refractivity contribution < 1.29 is 4.79 Å². The van der Waals surface area contributed by atoms with Crippen LogP contribution >= 0.6 is 11.8 Å². The van der Waals surface area contributed by atoms with Crippen molar-refractivity contribution in [2.75, 3.05) is 37.2 Å². The molecule has 1 saturated heterocycles. The Morgan fingerprint density at radius 2 is 1.92 bits per heavy atom. The molecule has 0 bridgehead atoms. The second-order valence-corrected chi connectivity index (χ2v) is 7.64. The van der Waals surface area contributed by atoms with E-state index in [1.54, 1.807) is 11.8 Å². The van der Waals surface area contributed by atoms with E-state index >= 15 is 0 Å². The molecule has 2 aromatic rings. The second kappa shape index (κ2) is 9.59. The molecule has 5 nitrogen and oxygen atoms in total. The number of pyridine rings is 1. The van der Waals surface area contributed by atoms with Crippen LogP contribution in [0.1, 0.15) is 18.9 Å². The number of aromatic nitrogens is 1. The van der Waals surface area contributed by atoms with Gasteiger partial charge in [-0.15, -0.1) is 11.8 Å². The SMILES string of the molecule is CCSc1ccccc1NC(=O)N1CCCN(Cc2ccncc2)CC1. The number of hydrogen-bond donors (Lipinski definition) is 1. The molecule has 0 aliphatic carbocycles. The molecule has 0 spiro atoms. The molecule has 1 aromatic carbocycles. The number of hydrogen-bond acceptors (Lipinski definition) is 4. The predicted molar refractivity (Wildman–Crippen MR) is 108 cm³/mol. The lowest BCUT2D eigenvalue weighted by Crippen LogP contribution is -2.38. The predicted octanol–water partition coefficient (Wildman–Crippen LogP) is 3.93. The third kappa shape index (κ3) is 5.22. The smallest absolute Gasteiger partial charge is 0.321 e. The highest BCUT2D eigenvalue weighted by Crippen LogP contribution is 2.26. The topological polar surface area (TPSA) is 48.5 Å². The summed E-state index contributed by atoms with van der Waals surface area (Å²) in [6.45, 7) is 6.47. The lowest BCUT2D eigenvalue weighted by molar-refractivity contribution is 0.211. The van der Waals surface area contributed by atoms with E-state index in [1.807, 2.05) is 35.5 Å². The van der Waals surface area contributed by atoms with Gasteiger partial charge in [0.25, 0.3) is 0 Å². The van der Waals surface area contributed by atoms with Gasteiger partial charge < -0.3 is 10.2 Å². The fourth-order valence-electron chi connectivity index (χ4n) is 3.12. The number of urea groups is 1. The van der Waals surface area contributed by atoms with Crippen molar-refractivity contribution in [1.29, 1.82) is 0 Å². The summed E-state index contributed by atoms with van der Waals surface area (Å²) >= 11 is 1.75. The summed E-state index contributed by atoms with van der Waals surface area (Å²) in [7, 11) is 0. The Morgan fingerprint density at radius 1 is 1.12 bits per heavy atom. The van der Waals surface area contributed by atoms with Crippen molar-refractivity contribution in [3.05, 3.63) is 54.4 Å². The maximum Gasteiger partial charge on any atom is 0.321 e. The number of carbonyl (C=O) groups excluding carboxylic acids is 1. The number of amides is 2. The minimum atomic E-state index is -0.0000795. The summed E-state index contributed by atoms with van der Waals surface area (Å²) in [5, 5.41) is 3.10. The first-order chi connectivity index (χ1) is 12.8. The molecule has 6 heteroatoms. The van der Waals surface area contributed by atoms with Crippen molar-refractivity contribution >= 4 is 23.5 Å². The van der Waals surface area contributed by atoms with Crippen molar-refractivity contribution in [3.8, 4) is 0 Å². The van der Waals surface area contributed by atoms with Gasteiger partial charge in [0.2, 0.25) is 0 Å². The van der Waals surface area contributed by atoms with Gasteiger partial charge >= 0.3 is 6.03 Å². The molecule has 0 radical (unpaired) electrons. The molecule has 2 heterocycles. The Bertz CT molecular complexity index is 710. The number of rotatable bonds is 5. The van der Waals surface area contributed by atoms with Gasteiger partial charge in [-0.2, -0.15) is 0 Å². The Morgan fingerprint density at radius 3 is 2.73 bits per heavy atom. The molecular formula is C20H26N4OS. The van der Waals surface area contributed by atoms with E-state index in [1.165, 1.54) is 5.56 Å². The zero-order valence-corrected chi connectivity index (χ0v) is 16.0. The zero-order valence-electron chi connectivity index (χ0n) is 15.2. The first-order valence-electron chi connectivity index (χ1n) is 9.15. The molecular weight excluding hydrogens is 344 g/mol. The van der Waals surface area contributed by atoms with Crippen LogP contribution in [0.25, 0.3) is 0 Å². The number of anilines is 1. The van der Waals surface area contributed by atoms with E-state index in [9.17, 15) is 4.79 Å². The Balaban J connectivity index is 1.56. The Kier molecular flexibility index (Phi) is 6.91. The number of thioether (sulfide) groups is 1. The van der Waals surface area contributed by atoms with Crippen molar-refractivity contribution in [1.82, 2.24) is 14.8 Å². The molecule has 2 amide bonds. The van der Waals surface area contributed by atoms with Crippen LogP contribution in [0.3, 0.4) is 0 Å². The highest BCUT2D eigenvalue weighted by Gasteiger charge is 2.20. The lowest BCUT2D eigenvalue weighted by Gasteiger charge is -2.23. The standard InChI is InChI=1S/C20H26N4OS/c1-2-26-19-7-4-3-6-18(19)22-20(25)24-13-5-12-23(14-15-24)16-17-8-10-21-11-9-17/h3-4,6-11H,2,5,12-16H2,1H3,(H,22,25). The van der Waals surface area contributed by atoms with Crippen LogP contribution in [0.4, 0.5) is 10.5 Å². The first kappa shape index (κ1) is 18.7. The van der Waals surface area contributed by atoms with E-state index in [-0.39, 0.29) is 6.03 Å². The second-order valence-electron chi connectivity index (χ2n) is 6.33. The van der Waals surface area contributed by atoms with Gasteiger partial charge in [0.1, 0.15) is 0 Å². The fourth-order valence-corrected chi connectivity index (χ4v) is 3.88. The summed E-state index contributed by atoms with van der Waals surface area (Å²) in [6.07, 6.45) is 4.65. The van der Waals surface area contributed by atoms with E-state index < -0.39 is 0 Å². The summed E-state index contributed by atoms with van der Waals surface area (Å²) in [6, 6.07) is 12.1. The molecule has 26 heavy (non-hydrogen) atoms.